The fraction of sp³-hybridized carbons (Fsp3) is 0.200. The van der Waals surface area contributed by atoms with Crippen molar-refractivity contribution in [3.63, 3.8) is 0 Å². The third-order valence-corrected chi connectivity index (χ3v) is 5.29. The lowest BCUT2D eigenvalue weighted by molar-refractivity contribution is -0.387. The summed E-state index contributed by atoms with van der Waals surface area (Å²) >= 11 is 0. The molecule has 2 aromatic carbocycles. The van der Waals surface area contributed by atoms with Gasteiger partial charge < -0.3 is 0 Å². The van der Waals surface area contributed by atoms with E-state index in [0.717, 1.165) is 40.7 Å². The summed E-state index contributed by atoms with van der Waals surface area (Å²) in [6.45, 7) is -0.230. The van der Waals surface area contributed by atoms with Crippen LogP contribution in [0.3, 0.4) is 0 Å². The Labute approximate surface area is 141 Å². The predicted octanol–water partition coefficient (Wildman–Crippen LogP) is 3.43. The minimum Gasteiger partial charge on any atom is -0.258 e. The largest absolute Gasteiger partial charge is 0.416 e. The molecule has 2 rings (SSSR count). The molecule has 0 aromatic heterocycles. The van der Waals surface area contributed by atoms with Crippen molar-refractivity contribution in [3.05, 3.63) is 69.8 Å². The number of alkyl halides is 3. The van der Waals surface area contributed by atoms with Crippen molar-refractivity contribution < 1.29 is 26.5 Å². The molecule has 0 heterocycles. The van der Waals surface area contributed by atoms with E-state index in [-0.39, 0.29) is 6.54 Å². The molecule has 0 aliphatic carbocycles. The summed E-state index contributed by atoms with van der Waals surface area (Å²) in [7, 11) is -2.98. The van der Waals surface area contributed by atoms with Crippen LogP contribution >= 0.6 is 0 Å². The molecule has 0 aliphatic rings. The second-order valence-corrected chi connectivity index (χ2v) is 7.19. The fourth-order valence-corrected chi connectivity index (χ4v) is 3.45. The molecule has 0 saturated heterocycles. The Morgan fingerprint density at radius 3 is 2.16 bits per heavy atom. The smallest absolute Gasteiger partial charge is 0.258 e. The van der Waals surface area contributed by atoms with E-state index in [1.165, 1.54) is 19.2 Å². The lowest BCUT2D eigenvalue weighted by atomic mass is 10.1. The molecular formula is C15H13F3N2O4S. The van der Waals surface area contributed by atoms with E-state index in [1.54, 1.807) is 0 Å². The van der Waals surface area contributed by atoms with Gasteiger partial charge in [0.15, 0.2) is 4.90 Å². The molecule has 0 N–H and O–H groups in total. The molecule has 10 heteroatoms. The number of para-hydroxylation sites is 1. The van der Waals surface area contributed by atoms with Crippen molar-refractivity contribution in [2.45, 2.75) is 17.6 Å². The van der Waals surface area contributed by atoms with Gasteiger partial charge >= 0.3 is 6.18 Å². The maximum Gasteiger partial charge on any atom is 0.416 e. The number of rotatable bonds is 5. The van der Waals surface area contributed by atoms with E-state index < -0.39 is 37.3 Å². The standard InChI is InChI=1S/C15H13F3N2O4S/c1-19(10-11-6-8-12(9-7-11)15(16,17)18)25(23,24)14-5-3-2-4-13(14)20(21)22/h2-9H,10H2,1H3. The molecule has 0 radical (unpaired) electrons. The first-order valence-electron chi connectivity index (χ1n) is 6.89. The maximum atomic E-state index is 12.5. The van der Waals surface area contributed by atoms with Gasteiger partial charge in [-0.25, -0.2) is 8.42 Å². The third-order valence-electron chi connectivity index (χ3n) is 3.44. The van der Waals surface area contributed by atoms with E-state index in [2.05, 4.69) is 0 Å². The highest BCUT2D eigenvalue weighted by atomic mass is 32.2. The molecule has 25 heavy (non-hydrogen) atoms. The first-order chi connectivity index (χ1) is 11.5. The average molecular weight is 374 g/mol. The van der Waals surface area contributed by atoms with Crippen LogP contribution in [0.1, 0.15) is 11.1 Å². The Morgan fingerprint density at radius 1 is 1.08 bits per heavy atom. The molecule has 2 aromatic rings. The Hall–Kier alpha value is -2.46. The Balaban J connectivity index is 2.28. The average Bonchev–Trinajstić information content (AvgIpc) is 2.54. The van der Waals surface area contributed by atoms with Crippen LogP contribution in [0.25, 0.3) is 0 Å². The van der Waals surface area contributed by atoms with Gasteiger partial charge in [-0.1, -0.05) is 24.3 Å². The van der Waals surface area contributed by atoms with E-state index in [4.69, 9.17) is 0 Å². The van der Waals surface area contributed by atoms with Crippen molar-refractivity contribution >= 4 is 15.7 Å². The number of nitrogens with zero attached hydrogens (tertiary/aromatic N) is 2. The van der Waals surface area contributed by atoms with Crippen molar-refractivity contribution in [2.75, 3.05) is 7.05 Å². The maximum absolute atomic E-state index is 12.5. The normalized spacial score (nSPS) is 12.4. The van der Waals surface area contributed by atoms with Gasteiger partial charge in [-0.2, -0.15) is 17.5 Å². The van der Waals surface area contributed by atoms with E-state index in [1.807, 2.05) is 0 Å². The van der Waals surface area contributed by atoms with E-state index in [9.17, 15) is 31.7 Å². The number of nitro groups is 1. The summed E-state index contributed by atoms with van der Waals surface area (Å²) in [5.74, 6) is 0. The summed E-state index contributed by atoms with van der Waals surface area (Å²) in [5, 5.41) is 11.0. The molecule has 0 unspecified atom stereocenters. The zero-order chi connectivity index (χ0) is 18.8. The zero-order valence-corrected chi connectivity index (χ0v) is 13.7. The van der Waals surface area contributed by atoms with Gasteiger partial charge in [0, 0.05) is 19.7 Å². The number of nitro benzene ring substituents is 1. The summed E-state index contributed by atoms with van der Waals surface area (Å²) in [6.07, 6.45) is -4.48. The molecule has 0 spiro atoms. The summed E-state index contributed by atoms with van der Waals surface area (Å²) in [4.78, 5) is 9.71. The van der Waals surface area contributed by atoms with Gasteiger partial charge in [0.1, 0.15) is 0 Å². The van der Waals surface area contributed by atoms with Gasteiger partial charge in [-0.3, -0.25) is 10.1 Å². The van der Waals surface area contributed by atoms with Gasteiger partial charge in [0.05, 0.1) is 10.5 Å². The molecule has 0 aliphatic heterocycles. The van der Waals surface area contributed by atoms with Gasteiger partial charge in [0.25, 0.3) is 5.69 Å². The van der Waals surface area contributed by atoms with Gasteiger partial charge in [-0.05, 0) is 23.8 Å². The minimum atomic E-state index is -4.48. The number of benzene rings is 2. The molecule has 134 valence electrons. The second kappa shape index (κ2) is 6.81. The van der Waals surface area contributed by atoms with Gasteiger partial charge in [-0.15, -0.1) is 0 Å². The number of hydrogen-bond acceptors (Lipinski definition) is 4. The summed E-state index contributed by atoms with van der Waals surface area (Å²) in [5.41, 5.74) is -1.10. The Morgan fingerprint density at radius 2 is 1.64 bits per heavy atom. The lowest BCUT2D eigenvalue weighted by Gasteiger charge is -2.17. The van der Waals surface area contributed by atoms with Crippen LogP contribution in [-0.4, -0.2) is 24.7 Å². The molecule has 0 atom stereocenters. The monoisotopic (exact) mass is 374 g/mol. The van der Waals surface area contributed by atoms with Crippen molar-refractivity contribution in [3.8, 4) is 0 Å². The van der Waals surface area contributed by atoms with Crippen molar-refractivity contribution in [1.82, 2.24) is 4.31 Å². The van der Waals surface area contributed by atoms with Crippen LogP contribution in [-0.2, 0) is 22.7 Å². The van der Waals surface area contributed by atoms with Crippen LogP contribution in [0.2, 0.25) is 0 Å². The first kappa shape index (κ1) is 18.9. The SMILES string of the molecule is CN(Cc1ccc(C(F)(F)F)cc1)S(=O)(=O)c1ccccc1[N+](=O)[O-]. The molecular weight excluding hydrogens is 361 g/mol. The highest BCUT2D eigenvalue weighted by Crippen LogP contribution is 2.30. The number of sulfonamides is 1. The van der Waals surface area contributed by atoms with E-state index >= 15 is 0 Å². The number of hydrogen-bond donors (Lipinski definition) is 0. The highest BCUT2D eigenvalue weighted by molar-refractivity contribution is 7.89. The minimum absolute atomic E-state index is 0.230. The van der Waals surface area contributed by atoms with E-state index in [0.29, 0.717) is 5.56 Å². The molecule has 0 fully saturated rings. The topological polar surface area (TPSA) is 80.5 Å². The summed E-state index contributed by atoms with van der Waals surface area (Å²) < 4.78 is 63.5. The second-order valence-electron chi connectivity index (χ2n) is 5.18. The van der Waals surface area contributed by atoms with Crippen LogP contribution in [0.15, 0.2) is 53.4 Å². The van der Waals surface area contributed by atoms with Crippen LogP contribution in [0.4, 0.5) is 18.9 Å². The first-order valence-corrected chi connectivity index (χ1v) is 8.33. The van der Waals surface area contributed by atoms with Crippen molar-refractivity contribution in [2.24, 2.45) is 0 Å². The highest BCUT2D eigenvalue weighted by Gasteiger charge is 2.31. The molecule has 6 nitrogen and oxygen atoms in total. The Bertz CT molecular complexity index is 880. The van der Waals surface area contributed by atoms with Crippen LogP contribution < -0.4 is 0 Å². The lowest BCUT2D eigenvalue weighted by Crippen LogP contribution is -2.27. The summed E-state index contributed by atoms with van der Waals surface area (Å²) in [6, 6.07) is 8.89. The Kier molecular flexibility index (Phi) is 5.14. The van der Waals surface area contributed by atoms with Crippen LogP contribution in [0, 0.1) is 10.1 Å². The molecule has 0 bridgehead atoms. The fourth-order valence-electron chi connectivity index (χ4n) is 2.14. The van der Waals surface area contributed by atoms with Crippen molar-refractivity contribution in [1.29, 1.82) is 0 Å². The zero-order valence-electron chi connectivity index (χ0n) is 12.9. The third kappa shape index (κ3) is 4.15. The molecule has 0 amide bonds. The quantitative estimate of drug-likeness (QED) is 0.593. The van der Waals surface area contributed by atoms with Gasteiger partial charge in [0.2, 0.25) is 10.0 Å². The molecule has 0 saturated carbocycles. The number of halogens is 3. The van der Waals surface area contributed by atoms with Crippen LogP contribution in [0.5, 0.6) is 0 Å². The predicted molar refractivity (Wildman–Crippen MR) is 83.2 cm³/mol.